The van der Waals surface area contributed by atoms with Gasteiger partial charge in [0.25, 0.3) is 0 Å². The molecule has 1 saturated heterocycles. The van der Waals surface area contributed by atoms with E-state index in [0.29, 0.717) is 31.3 Å². The van der Waals surface area contributed by atoms with Crippen molar-refractivity contribution in [3.8, 4) is 0 Å². The first-order valence-electron chi connectivity index (χ1n) is 9.98. The molecule has 0 unspecified atom stereocenters. The number of nitrogens with zero attached hydrogens (tertiary/aromatic N) is 7. The van der Waals surface area contributed by atoms with Crippen LogP contribution >= 0.6 is 0 Å². The minimum atomic E-state index is -0.350. The third kappa shape index (κ3) is 3.18. The van der Waals surface area contributed by atoms with Crippen molar-refractivity contribution in [2.24, 2.45) is 0 Å². The van der Waals surface area contributed by atoms with Crippen LogP contribution in [0.3, 0.4) is 0 Å². The van der Waals surface area contributed by atoms with Gasteiger partial charge in [-0.15, -0.1) is 0 Å². The summed E-state index contributed by atoms with van der Waals surface area (Å²) in [5.41, 5.74) is 2.13. The summed E-state index contributed by atoms with van der Waals surface area (Å²) in [5, 5.41) is 12.1. The largest absolute Gasteiger partial charge is 0.353 e. The minimum absolute atomic E-state index is 0.0273. The first-order valence-corrected chi connectivity index (χ1v) is 9.98. The standard InChI is InChI=1S/C21H21N7O2/c29-28(30)19-20(26-13-11-25(12-14-26)18-7-3-4-9-22-18)23-15-24-21(19)27-10-8-16-5-1-2-6-17(16)27/h1-7,9,15H,8,10-14H2. The van der Waals surface area contributed by atoms with E-state index in [0.717, 1.165) is 31.0 Å². The number of benzene rings is 1. The molecule has 0 aliphatic carbocycles. The van der Waals surface area contributed by atoms with Gasteiger partial charge in [-0.3, -0.25) is 10.1 Å². The number of fused-ring (bicyclic) bond motifs is 1. The van der Waals surface area contributed by atoms with Crippen molar-refractivity contribution in [1.82, 2.24) is 15.0 Å². The van der Waals surface area contributed by atoms with Crippen molar-refractivity contribution in [3.63, 3.8) is 0 Å². The minimum Gasteiger partial charge on any atom is -0.353 e. The second-order valence-corrected chi connectivity index (χ2v) is 7.32. The molecule has 9 heteroatoms. The van der Waals surface area contributed by atoms with Crippen LogP contribution in [0.4, 0.5) is 28.8 Å². The van der Waals surface area contributed by atoms with Crippen LogP contribution in [-0.4, -0.2) is 52.6 Å². The molecule has 2 aromatic heterocycles. The molecule has 0 saturated carbocycles. The van der Waals surface area contributed by atoms with Crippen molar-refractivity contribution in [2.45, 2.75) is 6.42 Å². The highest BCUT2D eigenvalue weighted by atomic mass is 16.6. The van der Waals surface area contributed by atoms with E-state index in [1.165, 1.54) is 11.9 Å². The maximum absolute atomic E-state index is 12.1. The van der Waals surface area contributed by atoms with Gasteiger partial charge >= 0.3 is 5.69 Å². The van der Waals surface area contributed by atoms with E-state index < -0.39 is 0 Å². The van der Waals surface area contributed by atoms with Gasteiger partial charge in [0.05, 0.1) is 4.92 Å². The van der Waals surface area contributed by atoms with Crippen LogP contribution in [0.5, 0.6) is 0 Å². The van der Waals surface area contributed by atoms with Crippen molar-refractivity contribution in [1.29, 1.82) is 0 Å². The molecule has 0 bridgehead atoms. The van der Waals surface area contributed by atoms with Crippen molar-refractivity contribution < 1.29 is 4.92 Å². The average Bonchev–Trinajstić information content (AvgIpc) is 3.23. The number of nitro groups is 1. The lowest BCUT2D eigenvalue weighted by molar-refractivity contribution is -0.383. The van der Waals surface area contributed by atoms with Gasteiger partial charge in [0, 0.05) is 44.6 Å². The van der Waals surface area contributed by atoms with Crippen molar-refractivity contribution in [3.05, 3.63) is 70.7 Å². The molecule has 5 rings (SSSR count). The molecular formula is C21H21N7O2. The predicted octanol–water partition coefficient (Wildman–Crippen LogP) is 2.80. The Morgan fingerprint density at radius 2 is 1.57 bits per heavy atom. The monoisotopic (exact) mass is 403 g/mol. The van der Waals surface area contributed by atoms with E-state index in [1.54, 1.807) is 6.20 Å². The third-order valence-electron chi connectivity index (χ3n) is 5.66. The third-order valence-corrected chi connectivity index (χ3v) is 5.66. The highest BCUT2D eigenvalue weighted by Gasteiger charge is 2.34. The van der Waals surface area contributed by atoms with Crippen LogP contribution < -0.4 is 14.7 Å². The van der Waals surface area contributed by atoms with Gasteiger partial charge in [-0.1, -0.05) is 24.3 Å². The molecule has 0 amide bonds. The van der Waals surface area contributed by atoms with Gasteiger partial charge in [-0.2, -0.15) is 0 Å². The molecule has 1 aromatic carbocycles. The zero-order chi connectivity index (χ0) is 20.5. The molecule has 4 heterocycles. The highest BCUT2D eigenvalue weighted by Crippen LogP contribution is 2.41. The zero-order valence-corrected chi connectivity index (χ0v) is 16.4. The van der Waals surface area contributed by atoms with Crippen LogP contribution in [0.1, 0.15) is 5.56 Å². The molecule has 152 valence electrons. The van der Waals surface area contributed by atoms with E-state index in [2.05, 4.69) is 25.9 Å². The van der Waals surface area contributed by atoms with Gasteiger partial charge in [0.2, 0.25) is 11.6 Å². The molecule has 0 spiro atoms. The summed E-state index contributed by atoms with van der Waals surface area (Å²) in [4.78, 5) is 30.9. The maximum Gasteiger partial charge on any atom is 0.353 e. The summed E-state index contributed by atoms with van der Waals surface area (Å²) >= 11 is 0. The lowest BCUT2D eigenvalue weighted by Crippen LogP contribution is -2.47. The smallest absolute Gasteiger partial charge is 0.353 e. The molecule has 2 aliphatic rings. The second kappa shape index (κ2) is 7.58. The molecule has 1 fully saturated rings. The Balaban J connectivity index is 1.44. The molecule has 3 aromatic rings. The number of aromatic nitrogens is 3. The quantitative estimate of drug-likeness (QED) is 0.485. The first-order chi connectivity index (χ1) is 14.7. The Bertz CT molecular complexity index is 1070. The van der Waals surface area contributed by atoms with Gasteiger partial charge in [-0.05, 0) is 30.2 Å². The van der Waals surface area contributed by atoms with Crippen LogP contribution in [-0.2, 0) is 6.42 Å². The molecule has 0 N–H and O–H groups in total. The van der Waals surface area contributed by atoms with Gasteiger partial charge < -0.3 is 14.7 Å². The Kier molecular flexibility index (Phi) is 4.62. The number of pyridine rings is 1. The van der Waals surface area contributed by atoms with E-state index in [4.69, 9.17) is 0 Å². The van der Waals surface area contributed by atoms with E-state index in [9.17, 15) is 10.1 Å². The van der Waals surface area contributed by atoms with E-state index in [1.807, 2.05) is 46.2 Å². The maximum atomic E-state index is 12.1. The molecule has 0 atom stereocenters. The number of hydrogen-bond donors (Lipinski definition) is 0. The number of rotatable bonds is 4. The number of hydrogen-bond acceptors (Lipinski definition) is 8. The fraction of sp³-hybridized carbons (Fsp3) is 0.286. The van der Waals surface area contributed by atoms with Crippen LogP contribution in [0.2, 0.25) is 0 Å². The fourth-order valence-electron chi connectivity index (χ4n) is 4.20. The summed E-state index contributed by atoms with van der Waals surface area (Å²) in [6.07, 6.45) is 4.05. The fourth-order valence-corrected chi connectivity index (χ4v) is 4.20. The van der Waals surface area contributed by atoms with Gasteiger partial charge in [-0.25, -0.2) is 15.0 Å². The van der Waals surface area contributed by atoms with E-state index >= 15 is 0 Å². The predicted molar refractivity (Wildman–Crippen MR) is 115 cm³/mol. The number of para-hydroxylation sites is 1. The summed E-state index contributed by atoms with van der Waals surface area (Å²) in [6, 6.07) is 13.8. The molecular weight excluding hydrogens is 382 g/mol. The Morgan fingerprint density at radius 3 is 2.33 bits per heavy atom. The van der Waals surface area contributed by atoms with Crippen molar-refractivity contribution >= 4 is 28.8 Å². The molecule has 30 heavy (non-hydrogen) atoms. The summed E-state index contributed by atoms with van der Waals surface area (Å²) in [6.45, 7) is 3.37. The van der Waals surface area contributed by atoms with Gasteiger partial charge in [0.15, 0.2) is 0 Å². The number of piperazine rings is 1. The average molecular weight is 403 g/mol. The summed E-state index contributed by atoms with van der Waals surface area (Å²) in [7, 11) is 0. The highest BCUT2D eigenvalue weighted by molar-refractivity contribution is 5.79. The SMILES string of the molecule is O=[N+]([O-])c1c(N2CCN(c3ccccn3)CC2)ncnc1N1CCc2ccccc21. The Morgan fingerprint density at radius 1 is 0.833 bits per heavy atom. The first kappa shape index (κ1) is 18.3. The molecule has 9 nitrogen and oxygen atoms in total. The van der Waals surface area contributed by atoms with Gasteiger partial charge in [0.1, 0.15) is 12.1 Å². The van der Waals surface area contributed by atoms with E-state index in [-0.39, 0.29) is 10.6 Å². The van der Waals surface area contributed by atoms with Crippen LogP contribution in [0.15, 0.2) is 55.0 Å². The molecule has 2 aliphatic heterocycles. The number of anilines is 4. The summed E-state index contributed by atoms with van der Waals surface area (Å²) in [5.74, 6) is 1.67. The van der Waals surface area contributed by atoms with Crippen LogP contribution in [0, 0.1) is 10.1 Å². The second-order valence-electron chi connectivity index (χ2n) is 7.32. The summed E-state index contributed by atoms with van der Waals surface area (Å²) < 4.78 is 0. The molecule has 0 radical (unpaired) electrons. The Hall–Kier alpha value is -3.75. The lowest BCUT2D eigenvalue weighted by Gasteiger charge is -2.35. The lowest BCUT2D eigenvalue weighted by atomic mass is 10.2. The van der Waals surface area contributed by atoms with Crippen LogP contribution in [0.25, 0.3) is 0 Å². The topological polar surface area (TPSA) is 91.5 Å². The normalized spacial score (nSPS) is 15.9. The van der Waals surface area contributed by atoms with Crippen molar-refractivity contribution in [2.75, 3.05) is 47.4 Å². The Labute approximate surface area is 173 Å². The zero-order valence-electron chi connectivity index (χ0n) is 16.4.